The van der Waals surface area contributed by atoms with Crippen LogP contribution in [-0.4, -0.2) is 5.11 Å². The number of phenolic OH excluding ortho intramolecular Hbond substituents is 1. The molecular weight excluding hydrogens is 208 g/mol. The number of alkyl halides is 2. The molecule has 0 aliphatic rings. The van der Waals surface area contributed by atoms with Crippen LogP contribution in [0, 0.1) is 0 Å². The van der Waals surface area contributed by atoms with Crippen LogP contribution in [0.1, 0.15) is 12.0 Å². The highest BCUT2D eigenvalue weighted by Crippen LogP contribution is 2.37. The van der Waals surface area contributed by atoms with E-state index in [1.165, 1.54) is 28.8 Å². The van der Waals surface area contributed by atoms with E-state index >= 15 is 0 Å². The minimum Gasteiger partial charge on any atom is -0.506 e. The van der Waals surface area contributed by atoms with Gasteiger partial charge in [0.1, 0.15) is 5.75 Å². The summed E-state index contributed by atoms with van der Waals surface area (Å²) in [4.78, 5) is 0. The number of anilines is 1. The number of aromatic hydroxyl groups is 1. The molecule has 1 aromatic heterocycles. The Morgan fingerprint density at radius 1 is 1.36 bits per heavy atom. The van der Waals surface area contributed by atoms with E-state index in [9.17, 15) is 13.9 Å². The Morgan fingerprint density at radius 2 is 2.07 bits per heavy atom. The Morgan fingerprint density at radius 3 is 2.71 bits per heavy atom. The summed E-state index contributed by atoms with van der Waals surface area (Å²) in [5.41, 5.74) is 5.59. The molecule has 3 N–H and O–H groups in total. The average Bonchev–Trinajstić information content (AvgIpc) is 2.48. The molecule has 0 unspecified atom stereocenters. The summed E-state index contributed by atoms with van der Waals surface area (Å²) in [7, 11) is 0. The predicted octanol–water partition coefficient (Wildman–Crippen LogP) is 3.13. The van der Waals surface area contributed by atoms with Gasteiger partial charge in [0.2, 0.25) is 0 Å². The van der Waals surface area contributed by atoms with Gasteiger partial charge in [-0.1, -0.05) is 0 Å². The molecule has 2 aromatic rings. The SMILES string of the molecule is Nc1cc2scc(C(F)F)c2cc1O. The molecule has 2 nitrogen and oxygen atoms in total. The van der Waals surface area contributed by atoms with Crippen LogP contribution in [0.4, 0.5) is 14.5 Å². The molecule has 0 saturated carbocycles. The van der Waals surface area contributed by atoms with Crippen LogP contribution in [0.3, 0.4) is 0 Å². The molecule has 14 heavy (non-hydrogen) atoms. The Kier molecular flexibility index (Phi) is 2.03. The maximum Gasteiger partial charge on any atom is 0.265 e. The van der Waals surface area contributed by atoms with Gasteiger partial charge in [0.25, 0.3) is 6.43 Å². The van der Waals surface area contributed by atoms with Crippen molar-refractivity contribution in [1.82, 2.24) is 0 Å². The van der Waals surface area contributed by atoms with Crippen LogP contribution < -0.4 is 5.73 Å². The van der Waals surface area contributed by atoms with Crippen molar-refractivity contribution in [3.05, 3.63) is 23.1 Å². The molecule has 0 aliphatic heterocycles. The summed E-state index contributed by atoms with van der Waals surface area (Å²) < 4.78 is 25.6. The first-order chi connectivity index (χ1) is 6.59. The van der Waals surface area contributed by atoms with Gasteiger partial charge in [-0.3, -0.25) is 0 Å². The van der Waals surface area contributed by atoms with Crippen LogP contribution in [0.5, 0.6) is 5.75 Å². The second-order valence-corrected chi connectivity index (χ2v) is 3.81. The standard InChI is InChI=1S/C9H7F2NOS/c10-9(11)5-3-14-8-2-6(12)7(13)1-4(5)8/h1-3,9,13H,12H2. The van der Waals surface area contributed by atoms with Crippen LogP contribution in [0.25, 0.3) is 10.1 Å². The van der Waals surface area contributed by atoms with Crippen molar-refractivity contribution in [2.45, 2.75) is 6.43 Å². The summed E-state index contributed by atoms with van der Waals surface area (Å²) >= 11 is 1.19. The van der Waals surface area contributed by atoms with E-state index in [0.717, 1.165) is 0 Å². The second kappa shape index (κ2) is 3.09. The molecule has 5 heteroatoms. The monoisotopic (exact) mass is 215 g/mol. The van der Waals surface area contributed by atoms with Crippen molar-refractivity contribution >= 4 is 27.1 Å². The number of phenols is 1. The van der Waals surface area contributed by atoms with Crippen molar-refractivity contribution in [1.29, 1.82) is 0 Å². The lowest BCUT2D eigenvalue weighted by Crippen LogP contribution is -1.85. The fourth-order valence-electron chi connectivity index (χ4n) is 1.27. The first-order valence-corrected chi connectivity index (χ1v) is 4.75. The fourth-order valence-corrected chi connectivity index (χ4v) is 2.25. The maximum absolute atomic E-state index is 12.5. The summed E-state index contributed by atoms with van der Waals surface area (Å²) in [6.45, 7) is 0. The molecule has 0 fully saturated rings. The van der Waals surface area contributed by atoms with E-state index < -0.39 is 6.43 Å². The quantitative estimate of drug-likeness (QED) is 0.567. The van der Waals surface area contributed by atoms with Crippen molar-refractivity contribution in [3.8, 4) is 5.75 Å². The summed E-state index contributed by atoms with van der Waals surface area (Å²) in [5, 5.41) is 11.0. The highest BCUT2D eigenvalue weighted by atomic mass is 32.1. The van der Waals surface area contributed by atoms with E-state index in [1.807, 2.05) is 0 Å². The van der Waals surface area contributed by atoms with E-state index in [0.29, 0.717) is 10.1 Å². The smallest absolute Gasteiger partial charge is 0.265 e. The number of rotatable bonds is 1. The van der Waals surface area contributed by atoms with Crippen molar-refractivity contribution in [3.63, 3.8) is 0 Å². The molecule has 0 saturated heterocycles. The molecule has 0 radical (unpaired) electrons. The number of thiophene rings is 1. The number of benzene rings is 1. The Balaban J connectivity index is 2.74. The normalized spacial score (nSPS) is 11.4. The lowest BCUT2D eigenvalue weighted by atomic mass is 10.1. The van der Waals surface area contributed by atoms with Crippen LogP contribution in [0.15, 0.2) is 17.5 Å². The Bertz CT molecular complexity index is 481. The maximum atomic E-state index is 12.5. The molecule has 2 rings (SSSR count). The van der Waals surface area contributed by atoms with Crippen molar-refractivity contribution < 1.29 is 13.9 Å². The van der Waals surface area contributed by atoms with Crippen LogP contribution in [0.2, 0.25) is 0 Å². The minimum absolute atomic E-state index is 0.0553. The van der Waals surface area contributed by atoms with Gasteiger partial charge >= 0.3 is 0 Å². The fraction of sp³-hybridized carbons (Fsp3) is 0.111. The zero-order chi connectivity index (χ0) is 10.3. The van der Waals surface area contributed by atoms with Gasteiger partial charge < -0.3 is 10.8 Å². The van der Waals surface area contributed by atoms with Crippen molar-refractivity contribution in [2.24, 2.45) is 0 Å². The Labute approximate surface area is 82.6 Å². The zero-order valence-electron chi connectivity index (χ0n) is 7.00. The third kappa shape index (κ3) is 1.29. The predicted molar refractivity (Wildman–Crippen MR) is 52.9 cm³/mol. The van der Waals surface area contributed by atoms with Crippen LogP contribution >= 0.6 is 11.3 Å². The molecule has 0 aliphatic carbocycles. The van der Waals surface area contributed by atoms with Gasteiger partial charge in [-0.15, -0.1) is 11.3 Å². The van der Waals surface area contributed by atoms with Gasteiger partial charge in [-0.05, 0) is 12.1 Å². The molecular formula is C9H7F2NOS. The van der Waals surface area contributed by atoms with E-state index in [1.54, 1.807) is 0 Å². The second-order valence-electron chi connectivity index (χ2n) is 2.90. The summed E-state index contributed by atoms with van der Waals surface area (Å²) in [5.74, 6) is -0.155. The largest absolute Gasteiger partial charge is 0.506 e. The van der Waals surface area contributed by atoms with E-state index in [2.05, 4.69) is 0 Å². The molecule has 74 valence electrons. The first kappa shape index (κ1) is 9.21. The number of hydrogen-bond donors (Lipinski definition) is 2. The van der Waals surface area contributed by atoms with E-state index in [4.69, 9.17) is 5.73 Å². The van der Waals surface area contributed by atoms with Gasteiger partial charge in [0.15, 0.2) is 0 Å². The molecule has 0 bridgehead atoms. The molecule has 1 heterocycles. The summed E-state index contributed by atoms with van der Waals surface area (Å²) in [6.07, 6.45) is -2.52. The van der Waals surface area contributed by atoms with Crippen molar-refractivity contribution in [2.75, 3.05) is 5.73 Å². The van der Waals surface area contributed by atoms with E-state index in [-0.39, 0.29) is 17.0 Å². The lowest BCUT2D eigenvalue weighted by molar-refractivity contribution is 0.153. The molecule has 0 spiro atoms. The number of halogens is 2. The van der Waals surface area contributed by atoms with Gasteiger partial charge in [0, 0.05) is 21.0 Å². The van der Waals surface area contributed by atoms with Gasteiger partial charge in [-0.25, -0.2) is 8.78 Å². The number of nitrogens with two attached hydrogens (primary N) is 1. The number of nitrogen functional groups attached to an aromatic ring is 1. The number of fused-ring (bicyclic) bond motifs is 1. The topological polar surface area (TPSA) is 46.2 Å². The third-order valence-corrected chi connectivity index (χ3v) is 2.95. The molecule has 0 amide bonds. The Hall–Kier alpha value is -1.36. The average molecular weight is 215 g/mol. The minimum atomic E-state index is -2.52. The molecule has 0 atom stereocenters. The molecule has 1 aromatic carbocycles. The number of hydrogen-bond acceptors (Lipinski definition) is 3. The van der Waals surface area contributed by atoms with Gasteiger partial charge in [-0.2, -0.15) is 0 Å². The summed E-state index contributed by atoms with van der Waals surface area (Å²) in [6, 6.07) is 2.78. The highest BCUT2D eigenvalue weighted by molar-refractivity contribution is 7.17. The van der Waals surface area contributed by atoms with Crippen LogP contribution in [-0.2, 0) is 0 Å². The lowest BCUT2D eigenvalue weighted by Gasteiger charge is -2.00. The zero-order valence-corrected chi connectivity index (χ0v) is 7.81. The first-order valence-electron chi connectivity index (χ1n) is 3.87. The highest BCUT2D eigenvalue weighted by Gasteiger charge is 2.14. The third-order valence-electron chi connectivity index (χ3n) is 1.99. The van der Waals surface area contributed by atoms with Gasteiger partial charge in [0.05, 0.1) is 5.69 Å².